The minimum atomic E-state index is 0.101. The normalized spacial score (nSPS) is 14.5. The predicted octanol–water partition coefficient (Wildman–Crippen LogP) is 2.28. The van der Waals surface area contributed by atoms with E-state index in [1.54, 1.807) is 6.07 Å². The molecule has 3 nitrogen and oxygen atoms in total. The largest absolute Gasteiger partial charge is 0.508 e. The molecule has 0 heterocycles. The Bertz CT molecular complexity index is 328. The smallest absolute Gasteiger partial charge is 0.120 e. The fourth-order valence-corrected chi connectivity index (χ4v) is 1.79. The first kappa shape index (κ1) is 14.0. The van der Waals surface area contributed by atoms with Gasteiger partial charge in [0.25, 0.3) is 0 Å². The van der Waals surface area contributed by atoms with E-state index in [1.807, 2.05) is 18.2 Å². The van der Waals surface area contributed by atoms with Gasteiger partial charge in [-0.15, -0.1) is 0 Å². The van der Waals surface area contributed by atoms with Crippen LogP contribution in [0.25, 0.3) is 0 Å². The van der Waals surface area contributed by atoms with E-state index in [4.69, 9.17) is 0 Å². The van der Waals surface area contributed by atoms with E-state index in [1.165, 1.54) is 0 Å². The highest BCUT2D eigenvalue weighted by molar-refractivity contribution is 5.31. The van der Waals surface area contributed by atoms with Crippen LogP contribution in [0.15, 0.2) is 24.3 Å². The summed E-state index contributed by atoms with van der Waals surface area (Å²) in [5.74, 6) is 0.907. The Kier molecular flexibility index (Phi) is 6.01. The van der Waals surface area contributed by atoms with Gasteiger partial charge < -0.3 is 15.5 Å². The Hall–Kier alpha value is -1.06. The van der Waals surface area contributed by atoms with Gasteiger partial charge in [0, 0.05) is 18.2 Å². The molecule has 0 aliphatic rings. The van der Waals surface area contributed by atoms with Crippen molar-refractivity contribution in [1.82, 2.24) is 5.32 Å². The zero-order valence-corrected chi connectivity index (χ0v) is 10.7. The maximum Gasteiger partial charge on any atom is 0.120 e. The molecule has 17 heavy (non-hydrogen) atoms. The number of phenols is 1. The summed E-state index contributed by atoms with van der Waals surface area (Å²) in [5.41, 5.74) is 0.870. The summed E-state index contributed by atoms with van der Waals surface area (Å²) in [4.78, 5) is 0. The minimum Gasteiger partial charge on any atom is -0.508 e. The topological polar surface area (TPSA) is 52.5 Å². The van der Waals surface area contributed by atoms with Crippen LogP contribution in [0.4, 0.5) is 0 Å². The molecule has 0 aliphatic carbocycles. The highest BCUT2D eigenvalue weighted by Gasteiger charge is 2.11. The first-order chi connectivity index (χ1) is 8.17. The van der Waals surface area contributed by atoms with Gasteiger partial charge in [-0.2, -0.15) is 0 Å². The summed E-state index contributed by atoms with van der Waals surface area (Å²) in [6.07, 6.45) is 2.08. The Morgan fingerprint density at radius 1 is 1.29 bits per heavy atom. The number of aliphatic hydroxyl groups is 1. The summed E-state index contributed by atoms with van der Waals surface area (Å²) < 4.78 is 0. The molecule has 3 N–H and O–H groups in total. The lowest BCUT2D eigenvalue weighted by Gasteiger charge is -2.19. The molecule has 1 aromatic carbocycles. The number of hydrogen-bond acceptors (Lipinski definition) is 3. The second kappa shape index (κ2) is 7.30. The Balaban J connectivity index is 2.45. The van der Waals surface area contributed by atoms with Gasteiger partial charge in [0.2, 0.25) is 0 Å². The van der Waals surface area contributed by atoms with Crippen molar-refractivity contribution in [2.24, 2.45) is 5.92 Å². The SMILES string of the molecule is CCC(C)C[C@@H](CO)NCc1ccccc1O. The van der Waals surface area contributed by atoms with Crippen LogP contribution in [0.5, 0.6) is 5.75 Å². The number of nitrogens with one attached hydrogen (secondary N) is 1. The van der Waals surface area contributed by atoms with E-state index in [0.717, 1.165) is 18.4 Å². The minimum absolute atomic E-state index is 0.101. The molecule has 0 spiro atoms. The quantitative estimate of drug-likeness (QED) is 0.682. The van der Waals surface area contributed by atoms with Crippen molar-refractivity contribution in [2.75, 3.05) is 6.61 Å². The summed E-state index contributed by atoms with van der Waals surface area (Å²) in [7, 11) is 0. The maximum absolute atomic E-state index is 9.62. The molecule has 0 fully saturated rings. The summed E-state index contributed by atoms with van der Waals surface area (Å²) >= 11 is 0. The summed E-state index contributed by atoms with van der Waals surface area (Å²) in [6.45, 7) is 5.07. The molecule has 1 unspecified atom stereocenters. The van der Waals surface area contributed by atoms with E-state index < -0.39 is 0 Å². The van der Waals surface area contributed by atoms with Gasteiger partial charge >= 0.3 is 0 Å². The van der Waals surface area contributed by atoms with Crippen LogP contribution in [0.1, 0.15) is 32.3 Å². The molecule has 0 aromatic heterocycles. The van der Waals surface area contributed by atoms with Crippen molar-refractivity contribution >= 4 is 0 Å². The van der Waals surface area contributed by atoms with Gasteiger partial charge in [0.05, 0.1) is 6.61 Å². The predicted molar refractivity (Wildman–Crippen MR) is 69.9 cm³/mol. The second-order valence-corrected chi connectivity index (χ2v) is 4.64. The number of rotatable bonds is 7. The molecule has 0 saturated carbocycles. The third kappa shape index (κ3) is 4.75. The fourth-order valence-electron chi connectivity index (χ4n) is 1.79. The molecular weight excluding hydrogens is 214 g/mol. The second-order valence-electron chi connectivity index (χ2n) is 4.64. The van der Waals surface area contributed by atoms with Crippen LogP contribution >= 0.6 is 0 Å². The van der Waals surface area contributed by atoms with E-state index in [2.05, 4.69) is 19.2 Å². The average molecular weight is 237 g/mol. The van der Waals surface area contributed by atoms with Gasteiger partial charge in [-0.05, 0) is 18.4 Å². The lowest BCUT2D eigenvalue weighted by atomic mass is 9.99. The lowest BCUT2D eigenvalue weighted by Crippen LogP contribution is -2.33. The molecule has 96 valence electrons. The van der Waals surface area contributed by atoms with Crippen molar-refractivity contribution in [3.8, 4) is 5.75 Å². The molecule has 0 bridgehead atoms. The molecule has 0 radical (unpaired) electrons. The first-order valence-electron chi connectivity index (χ1n) is 6.28. The van der Waals surface area contributed by atoms with Gasteiger partial charge in [0.1, 0.15) is 5.75 Å². The van der Waals surface area contributed by atoms with Crippen LogP contribution in [0.3, 0.4) is 0 Å². The van der Waals surface area contributed by atoms with E-state index in [0.29, 0.717) is 18.2 Å². The number of aliphatic hydroxyl groups excluding tert-OH is 1. The van der Waals surface area contributed by atoms with Crippen molar-refractivity contribution < 1.29 is 10.2 Å². The Morgan fingerprint density at radius 3 is 2.59 bits per heavy atom. The van der Waals surface area contributed by atoms with Crippen LogP contribution in [0.2, 0.25) is 0 Å². The van der Waals surface area contributed by atoms with Crippen LogP contribution in [-0.2, 0) is 6.54 Å². The van der Waals surface area contributed by atoms with Crippen LogP contribution < -0.4 is 5.32 Å². The summed E-state index contributed by atoms with van der Waals surface area (Å²) in [6, 6.07) is 7.38. The van der Waals surface area contributed by atoms with Crippen LogP contribution in [0, 0.1) is 5.92 Å². The zero-order valence-electron chi connectivity index (χ0n) is 10.7. The number of aromatic hydroxyl groups is 1. The van der Waals surface area contributed by atoms with Crippen molar-refractivity contribution in [3.05, 3.63) is 29.8 Å². The van der Waals surface area contributed by atoms with Crippen molar-refractivity contribution in [1.29, 1.82) is 0 Å². The van der Waals surface area contributed by atoms with Crippen molar-refractivity contribution in [3.63, 3.8) is 0 Å². The molecule has 3 heteroatoms. The molecule has 1 aromatic rings. The van der Waals surface area contributed by atoms with Gasteiger partial charge in [-0.25, -0.2) is 0 Å². The Labute approximate surface area is 103 Å². The highest BCUT2D eigenvalue weighted by Crippen LogP contribution is 2.16. The Morgan fingerprint density at radius 2 is 2.00 bits per heavy atom. The molecule has 0 amide bonds. The van der Waals surface area contributed by atoms with E-state index >= 15 is 0 Å². The number of para-hydroxylation sites is 1. The molecule has 1 rings (SSSR count). The van der Waals surface area contributed by atoms with Crippen LogP contribution in [-0.4, -0.2) is 22.9 Å². The standard InChI is InChI=1S/C14H23NO2/c1-3-11(2)8-13(10-16)15-9-12-6-4-5-7-14(12)17/h4-7,11,13,15-17H,3,8-10H2,1-2H3/t11?,13-/m0/s1. The summed E-state index contributed by atoms with van der Waals surface area (Å²) in [5, 5.41) is 22.2. The van der Waals surface area contributed by atoms with Gasteiger partial charge in [-0.3, -0.25) is 0 Å². The van der Waals surface area contributed by atoms with Crippen molar-refractivity contribution in [2.45, 2.75) is 39.3 Å². The zero-order chi connectivity index (χ0) is 12.7. The average Bonchev–Trinajstić information content (AvgIpc) is 2.35. The molecule has 2 atom stereocenters. The number of phenolic OH excluding ortho intramolecular Hbond substituents is 1. The third-order valence-electron chi connectivity index (χ3n) is 3.18. The van der Waals surface area contributed by atoms with Gasteiger partial charge in [0.15, 0.2) is 0 Å². The maximum atomic E-state index is 9.62. The van der Waals surface area contributed by atoms with Gasteiger partial charge in [-0.1, -0.05) is 38.5 Å². The number of benzene rings is 1. The third-order valence-corrected chi connectivity index (χ3v) is 3.18. The van der Waals surface area contributed by atoms with E-state index in [9.17, 15) is 10.2 Å². The first-order valence-corrected chi connectivity index (χ1v) is 6.28. The fraction of sp³-hybridized carbons (Fsp3) is 0.571. The highest BCUT2D eigenvalue weighted by atomic mass is 16.3. The molecule has 0 saturated heterocycles. The number of hydrogen-bond donors (Lipinski definition) is 3. The molecular formula is C14H23NO2. The molecule has 0 aliphatic heterocycles. The lowest BCUT2D eigenvalue weighted by molar-refractivity contribution is 0.219. The monoisotopic (exact) mass is 237 g/mol. The van der Waals surface area contributed by atoms with E-state index in [-0.39, 0.29) is 12.6 Å².